The standard InChI is InChI=1S/C28H30ClN3O2/c1-28(2,3)21-10-14-23(15-11-21)34-19-18-32-25-7-5-4-6-24(25)31-26(32)16-17-30-27(33)20-8-12-22(29)13-9-20/h4-15H,16-19H2,1-3H3,(H,30,33). The molecular weight excluding hydrogens is 446 g/mol. The summed E-state index contributed by atoms with van der Waals surface area (Å²) in [6.45, 7) is 8.28. The van der Waals surface area contributed by atoms with Crippen molar-refractivity contribution in [3.8, 4) is 5.75 Å². The van der Waals surface area contributed by atoms with Crippen LogP contribution in [-0.2, 0) is 18.4 Å². The largest absolute Gasteiger partial charge is 0.492 e. The number of ether oxygens (including phenoxy) is 1. The van der Waals surface area contributed by atoms with E-state index in [1.165, 1.54) is 5.56 Å². The zero-order valence-corrected chi connectivity index (χ0v) is 20.6. The van der Waals surface area contributed by atoms with Gasteiger partial charge in [0, 0.05) is 23.6 Å². The molecule has 34 heavy (non-hydrogen) atoms. The molecule has 4 rings (SSSR count). The summed E-state index contributed by atoms with van der Waals surface area (Å²) in [6.07, 6.45) is 0.619. The maximum Gasteiger partial charge on any atom is 0.251 e. The van der Waals surface area contributed by atoms with E-state index in [2.05, 4.69) is 48.9 Å². The highest BCUT2D eigenvalue weighted by Gasteiger charge is 2.14. The van der Waals surface area contributed by atoms with Gasteiger partial charge >= 0.3 is 0 Å². The fourth-order valence-corrected chi connectivity index (χ4v) is 3.99. The highest BCUT2D eigenvalue weighted by molar-refractivity contribution is 6.30. The first kappa shape index (κ1) is 23.8. The normalized spacial score (nSPS) is 11.5. The third-order valence-electron chi connectivity index (χ3n) is 5.78. The molecule has 1 N–H and O–H groups in total. The summed E-state index contributed by atoms with van der Waals surface area (Å²) in [6, 6.07) is 23.2. The molecular formula is C28H30ClN3O2. The first-order valence-electron chi connectivity index (χ1n) is 11.5. The molecule has 1 aromatic heterocycles. The number of rotatable bonds is 8. The van der Waals surface area contributed by atoms with E-state index in [1.807, 2.05) is 30.3 Å². The summed E-state index contributed by atoms with van der Waals surface area (Å²) in [7, 11) is 0. The molecule has 1 heterocycles. The smallest absolute Gasteiger partial charge is 0.251 e. The minimum Gasteiger partial charge on any atom is -0.492 e. The maximum atomic E-state index is 12.4. The quantitative estimate of drug-likeness (QED) is 0.338. The van der Waals surface area contributed by atoms with Gasteiger partial charge < -0.3 is 14.6 Å². The lowest BCUT2D eigenvalue weighted by molar-refractivity contribution is 0.0954. The molecule has 0 saturated heterocycles. The Bertz CT molecular complexity index is 1260. The molecule has 0 aliphatic heterocycles. The van der Waals surface area contributed by atoms with E-state index in [-0.39, 0.29) is 11.3 Å². The third kappa shape index (κ3) is 5.78. The average Bonchev–Trinajstić information content (AvgIpc) is 3.16. The van der Waals surface area contributed by atoms with Gasteiger partial charge in [-0.15, -0.1) is 0 Å². The lowest BCUT2D eigenvalue weighted by atomic mass is 9.87. The van der Waals surface area contributed by atoms with Crippen LogP contribution in [0.2, 0.25) is 5.02 Å². The number of carbonyl (C=O) groups is 1. The van der Waals surface area contributed by atoms with Gasteiger partial charge in [0.25, 0.3) is 5.91 Å². The average molecular weight is 476 g/mol. The number of hydrogen-bond donors (Lipinski definition) is 1. The molecule has 1 amide bonds. The molecule has 5 nitrogen and oxygen atoms in total. The van der Waals surface area contributed by atoms with Crippen molar-refractivity contribution in [2.75, 3.05) is 13.2 Å². The SMILES string of the molecule is CC(C)(C)c1ccc(OCCn2c(CCNC(=O)c3ccc(Cl)cc3)nc3ccccc32)cc1. The Morgan fingerprint density at radius 1 is 1.00 bits per heavy atom. The van der Waals surface area contributed by atoms with Crippen LogP contribution >= 0.6 is 11.6 Å². The Morgan fingerprint density at radius 2 is 1.71 bits per heavy atom. The van der Waals surface area contributed by atoms with Gasteiger partial charge in [-0.1, -0.05) is 56.6 Å². The van der Waals surface area contributed by atoms with Gasteiger partial charge in [-0.25, -0.2) is 4.98 Å². The van der Waals surface area contributed by atoms with Gasteiger partial charge in [0.1, 0.15) is 18.2 Å². The predicted octanol–water partition coefficient (Wildman–Crippen LogP) is 6.04. The van der Waals surface area contributed by atoms with Crippen LogP contribution in [0, 0.1) is 0 Å². The van der Waals surface area contributed by atoms with Crippen LogP contribution in [0.5, 0.6) is 5.75 Å². The van der Waals surface area contributed by atoms with Crippen LogP contribution in [-0.4, -0.2) is 28.6 Å². The van der Waals surface area contributed by atoms with Gasteiger partial charge in [-0.3, -0.25) is 4.79 Å². The number of para-hydroxylation sites is 2. The van der Waals surface area contributed by atoms with Crippen molar-refractivity contribution < 1.29 is 9.53 Å². The Balaban J connectivity index is 1.39. The van der Waals surface area contributed by atoms with Crippen molar-refractivity contribution in [2.45, 2.75) is 39.2 Å². The second-order valence-electron chi connectivity index (χ2n) is 9.30. The molecule has 0 fully saturated rings. The van der Waals surface area contributed by atoms with E-state index in [0.29, 0.717) is 36.7 Å². The van der Waals surface area contributed by atoms with Crippen LogP contribution in [0.1, 0.15) is 42.5 Å². The number of carbonyl (C=O) groups excluding carboxylic acids is 1. The molecule has 3 aromatic carbocycles. The van der Waals surface area contributed by atoms with E-state index in [4.69, 9.17) is 21.3 Å². The minimum absolute atomic E-state index is 0.117. The molecule has 176 valence electrons. The van der Waals surface area contributed by atoms with Gasteiger partial charge in [-0.05, 0) is 59.5 Å². The summed E-state index contributed by atoms with van der Waals surface area (Å²) in [5.74, 6) is 1.65. The number of amides is 1. The first-order valence-corrected chi connectivity index (χ1v) is 11.9. The van der Waals surface area contributed by atoms with E-state index < -0.39 is 0 Å². The zero-order valence-electron chi connectivity index (χ0n) is 19.8. The Kier molecular flexibility index (Phi) is 7.23. The van der Waals surface area contributed by atoms with Gasteiger partial charge in [0.05, 0.1) is 17.6 Å². The van der Waals surface area contributed by atoms with Crippen molar-refractivity contribution in [3.05, 3.63) is 94.8 Å². The molecule has 0 saturated carbocycles. The van der Waals surface area contributed by atoms with Crippen molar-refractivity contribution >= 4 is 28.5 Å². The first-order chi connectivity index (χ1) is 16.3. The summed E-state index contributed by atoms with van der Waals surface area (Å²) in [5, 5.41) is 3.58. The highest BCUT2D eigenvalue weighted by atomic mass is 35.5. The Labute approximate surface area is 205 Å². The molecule has 6 heteroatoms. The lowest BCUT2D eigenvalue weighted by Gasteiger charge is -2.19. The van der Waals surface area contributed by atoms with Crippen LogP contribution in [0.25, 0.3) is 11.0 Å². The maximum absolute atomic E-state index is 12.4. The number of hydrogen-bond acceptors (Lipinski definition) is 3. The van der Waals surface area contributed by atoms with Crippen LogP contribution < -0.4 is 10.1 Å². The number of halogens is 1. The molecule has 0 atom stereocenters. The minimum atomic E-state index is -0.124. The monoisotopic (exact) mass is 475 g/mol. The molecule has 4 aromatic rings. The molecule has 0 bridgehead atoms. The van der Waals surface area contributed by atoms with Gasteiger partial charge in [0.2, 0.25) is 0 Å². The van der Waals surface area contributed by atoms with Crippen molar-refractivity contribution in [1.82, 2.24) is 14.9 Å². The topological polar surface area (TPSA) is 56.1 Å². The summed E-state index contributed by atoms with van der Waals surface area (Å²) < 4.78 is 8.21. The van der Waals surface area contributed by atoms with Crippen molar-refractivity contribution in [3.63, 3.8) is 0 Å². The molecule has 0 spiro atoms. The Morgan fingerprint density at radius 3 is 2.41 bits per heavy atom. The highest BCUT2D eigenvalue weighted by Crippen LogP contribution is 2.24. The van der Waals surface area contributed by atoms with E-state index in [9.17, 15) is 4.79 Å². The predicted molar refractivity (Wildman–Crippen MR) is 138 cm³/mol. The zero-order chi connectivity index (χ0) is 24.1. The number of imidazole rings is 1. The number of benzene rings is 3. The summed E-state index contributed by atoms with van der Waals surface area (Å²) >= 11 is 5.91. The fraction of sp³-hybridized carbons (Fsp3) is 0.286. The van der Waals surface area contributed by atoms with E-state index in [0.717, 1.165) is 22.6 Å². The number of nitrogens with zero attached hydrogens (tertiary/aromatic N) is 2. The molecule has 0 aliphatic rings. The van der Waals surface area contributed by atoms with Gasteiger partial charge in [0.15, 0.2) is 0 Å². The van der Waals surface area contributed by atoms with Crippen LogP contribution in [0.15, 0.2) is 72.8 Å². The van der Waals surface area contributed by atoms with Crippen LogP contribution in [0.3, 0.4) is 0 Å². The van der Waals surface area contributed by atoms with Crippen molar-refractivity contribution in [2.24, 2.45) is 0 Å². The van der Waals surface area contributed by atoms with E-state index >= 15 is 0 Å². The van der Waals surface area contributed by atoms with Crippen LogP contribution in [0.4, 0.5) is 0 Å². The second kappa shape index (κ2) is 10.3. The fourth-order valence-electron chi connectivity index (χ4n) is 3.86. The van der Waals surface area contributed by atoms with Gasteiger partial charge in [-0.2, -0.15) is 0 Å². The Hall–Kier alpha value is -3.31. The molecule has 0 radical (unpaired) electrons. The number of nitrogens with one attached hydrogen (secondary N) is 1. The number of fused-ring (bicyclic) bond motifs is 1. The lowest BCUT2D eigenvalue weighted by Crippen LogP contribution is -2.26. The van der Waals surface area contributed by atoms with E-state index in [1.54, 1.807) is 24.3 Å². The number of aromatic nitrogens is 2. The third-order valence-corrected chi connectivity index (χ3v) is 6.03. The second-order valence-corrected chi connectivity index (χ2v) is 9.74. The summed E-state index contributed by atoms with van der Waals surface area (Å²) in [5.41, 5.74) is 3.99. The van der Waals surface area contributed by atoms with Crippen molar-refractivity contribution in [1.29, 1.82) is 0 Å². The molecule has 0 aliphatic carbocycles. The summed E-state index contributed by atoms with van der Waals surface area (Å²) in [4.78, 5) is 17.2. The molecule has 0 unspecified atom stereocenters.